The van der Waals surface area contributed by atoms with E-state index in [9.17, 15) is 4.79 Å². The van der Waals surface area contributed by atoms with Gasteiger partial charge in [-0.3, -0.25) is 4.79 Å². The Hall–Kier alpha value is -2.13. The summed E-state index contributed by atoms with van der Waals surface area (Å²) in [7, 11) is 1.64. The van der Waals surface area contributed by atoms with Gasteiger partial charge in [0.2, 0.25) is 0 Å². The molecule has 2 aromatic carbocycles. The lowest BCUT2D eigenvalue weighted by atomic mass is 9.89. The Kier molecular flexibility index (Phi) is 5.65. The summed E-state index contributed by atoms with van der Waals surface area (Å²) in [6.45, 7) is 2.99. The molecule has 0 amide bonds. The van der Waals surface area contributed by atoms with Gasteiger partial charge in [0.25, 0.3) is 0 Å². The Morgan fingerprint density at radius 1 is 1.00 bits per heavy atom. The summed E-state index contributed by atoms with van der Waals surface area (Å²) in [5, 5.41) is 0. The summed E-state index contributed by atoms with van der Waals surface area (Å²) >= 11 is 0. The molecular formula is C21H25NO2. The summed E-state index contributed by atoms with van der Waals surface area (Å²) in [5.74, 6) is 0.853. The molecule has 3 nitrogen and oxygen atoms in total. The highest BCUT2D eigenvalue weighted by Gasteiger charge is 2.25. The smallest absolute Gasteiger partial charge is 0.171 e. The molecule has 1 saturated heterocycles. The molecule has 1 atom stereocenters. The molecule has 3 rings (SSSR count). The van der Waals surface area contributed by atoms with Crippen LogP contribution in [0.25, 0.3) is 0 Å². The number of carbonyl (C=O) groups excluding carboxylic acids is 1. The Morgan fingerprint density at radius 3 is 2.29 bits per heavy atom. The van der Waals surface area contributed by atoms with Gasteiger partial charge in [0.1, 0.15) is 5.75 Å². The fourth-order valence-corrected chi connectivity index (χ4v) is 3.38. The Morgan fingerprint density at radius 2 is 1.67 bits per heavy atom. The lowest BCUT2D eigenvalue weighted by Crippen LogP contribution is -2.35. The number of ether oxygens (including phenoxy) is 1. The zero-order valence-corrected chi connectivity index (χ0v) is 14.3. The third-order valence-electron chi connectivity index (χ3n) is 4.78. The van der Waals surface area contributed by atoms with Crippen molar-refractivity contribution in [1.82, 2.24) is 4.90 Å². The van der Waals surface area contributed by atoms with Crippen molar-refractivity contribution in [2.24, 2.45) is 0 Å². The highest BCUT2D eigenvalue weighted by molar-refractivity contribution is 6.01. The molecule has 24 heavy (non-hydrogen) atoms. The number of piperidine rings is 1. The van der Waals surface area contributed by atoms with Gasteiger partial charge in [0.15, 0.2) is 5.78 Å². The molecule has 0 unspecified atom stereocenters. The van der Waals surface area contributed by atoms with Crippen LogP contribution in [0.3, 0.4) is 0 Å². The van der Waals surface area contributed by atoms with Gasteiger partial charge in [0.05, 0.1) is 13.0 Å². The van der Waals surface area contributed by atoms with Gasteiger partial charge < -0.3 is 9.64 Å². The van der Waals surface area contributed by atoms with Crippen LogP contribution in [0.4, 0.5) is 0 Å². The van der Waals surface area contributed by atoms with Crippen LogP contribution < -0.4 is 4.74 Å². The number of carbonyl (C=O) groups is 1. The van der Waals surface area contributed by atoms with E-state index in [-0.39, 0.29) is 11.7 Å². The second-order valence-electron chi connectivity index (χ2n) is 6.42. The molecule has 0 N–H and O–H groups in total. The number of benzene rings is 2. The molecule has 1 aliphatic heterocycles. The SMILES string of the molecule is COc1ccc(C(=O)[C@@H](CN2CCCCC2)c2ccccc2)cc1. The number of rotatable bonds is 6. The van der Waals surface area contributed by atoms with Crippen LogP contribution >= 0.6 is 0 Å². The lowest BCUT2D eigenvalue weighted by molar-refractivity contribution is 0.0925. The van der Waals surface area contributed by atoms with Crippen LogP contribution in [-0.4, -0.2) is 37.4 Å². The lowest BCUT2D eigenvalue weighted by Gasteiger charge is -2.30. The molecular weight excluding hydrogens is 298 g/mol. The van der Waals surface area contributed by atoms with Crippen LogP contribution in [0, 0.1) is 0 Å². The summed E-state index contributed by atoms with van der Waals surface area (Å²) in [5.41, 5.74) is 1.85. The number of Topliss-reactive ketones (excluding diaryl/α,β-unsaturated/α-hetero) is 1. The number of ketones is 1. The molecule has 3 heteroatoms. The first-order chi connectivity index (χ1) is 11.8. The second-order valence-corrected chi connectivity index (χ2v) is 6.42. The quantitative estimate of drug-likeness (QED) is 0.748. The molecule has 0 aromatic heterocycles. The van der Waals surface area contributed by atoms with E-state index in [2.05, 4.69) is 17.0 Å². The number of likely N-dealkylation sites (tertiary alicyclic amines) is 1. The molecule has 0 saturated carbocycles. The largest absolute Gasteiger partial charge is 0.497 e. The van der Waals surface area contributed by atoms with Gasteiger partial charge in [-0.05, 0) is 55.8 Å². The van der Waals surface area contributed by atoms with Crippen LogP contribution in [0.15, 0.2) is 54.6 Å². The van der Waals surface area contributed by atoms with E-state index >= 15 is 0 Å². The maximum Gasteiger partial charge on any atom is 0.171 e. The molecule has 0 radical (unpaired) electrons. The first-order valence-electron chi connectivity index (χ1n) is 8.73. The highest BCUT2D eigenvalue weighted by Crippen LogP contribution is 2.25. The van der Waals surface area contributed by atoms with Crippen LogP contribution in [0.5, 0.6) is 5.75 Å². The van der Waals surface area contributed by atoms with Crippen molar-refractivity contribution >= 4 is 5.78 Å². The van der Waals surface area contributed by atoms with Crippen molar-refractivity contribution in [3.63, 3.8) is 0 Å². The zero-order chi connectivity index (χ0) is 16.8. The molecule has 2 aromatic rings. The molecule has 1 heterocycles. The van der Waals surface area contributed by atoms with Gasteiger partial charge in [-0.2, -0.15) is 0 Å². The average molecular weight is 323 g/mol. The predicted octanol–water partition coefficient (Wildman–Crippen LogP) is 4.15. The molecule has 0 aliphatic carbocycles. The van der Waals surface area contributed by atoms with E-state index < -0.39 is 0 Å². The Bertz CT molecular complexity index is 645. The standard InChI is InChI=1S/C21H25NO2/c1-24-19-12-10-18(11-13-19)21(23)20(17-8-4-2-5-9-17)16-22-14-6-3-7-15-22/h2,4-5,8-13,20H,3,6-7,14-16H2,1H3/t20-/m0/s1. The molecule has 1 aliphatic rings. The molecule has 126 valence electrons. The third kappa shape index (κ3) is 4.04. The molecule has 0 spiro atoms. The second kappa shape index (κ2) is 8.11. The maximum absolute atomic E-state index is 13.2. The maximum atomic E-state index is 13.2. The predicted molar refractivity (Wildman–Crippen MR) is 96.8 cm³/mol. The van der Waals surface area contributed by atoms with E-state index in [0.29, 0.717) is 0 Å². The number of hydrogen-bond donors (Lipinski definition) is 0. The van der Waals surface area contributed by atoms with E-state index in [4.69, 9.17) is 4.74 Å². The van der Waals surface area contributed by atoms with Gasteiger partial charge in [0, 0.05) is 12.1 Å². The van der Waals surface area contributed by atoms with Crippen LogP contribution in [0.2, 0.25) is 0 Å². The minimum absolute atomic E-state index is 0.113. The van der Waals surface area contributed by atoms with E-state index in [0.717, 1.165) is 36.5 Å². The fourth-order valence-electron chi connectivity index (χ4n) is 3.38. The zero-order valence-electron chi connectivity index (χ0n) is 14.3. The monoisotopic (exact) mass is 323 g/mol. The van der Waals surface area contributed by atoms with Gasteiger partial charge >= 0.3 is 0 Å². The third-order valence-corrected chi connectivity index (χ3v) is 4.78. The summed E-state index contributed by atoms with van der Waals surface area (Å²) in [6, 6.07) is 17.6. The van der Waals surface area contributed by atoms with Crippen molar-refractivity contribution in [2.75, 3.05) is 26.7 Å². The number of hydrogen-bond acceptors (Lipinski definition) is 3. The minimum atomic E-state index is -0.113. The summed E-state index contributed by atoms with van der Waals surface area (Å²) < 4.78 is 5.20. The summed E-state index contributed by atoms with van der Waals surface area (Å²) in [6.07, 6.45) is 3.77. The van der Waals surface area contributed by atoms with Crippen molar-refractivity contribution in [1.29, 1.82) is 0 Å². The highest BCUT2D eigenvalue weighted by atomic mass is 16.5. The van der Waals surface area contributed by atoms with Crippen molar-refractivity contribution < 1.29 is 9.53 Å². The first-order valence-corrected chi connectivity index (χ1v) is 8.73. The van der Waals surface area contributed by atoms with Crippen molar-refractivity contribution in [3.8, 4) is 5.75 Å². The number of nitrogens with zero attached hydrogens (tertiary/aromatic N) is 1. The van der Waals surface area contributed by atoms with Crippen molar-refractivity contribution in [3.05, 3.63) is 65.7 Å². The Balaban J connectivity index is 1.83. The Labute approximate surface area is 144 Å². The van der Waals surface area contributed by atoms with Gasteiger partial charge in [-0.1, -0.05) is 36.8 Å². The van der Waals surface area contributed by atoms with E-state index in [1.807, 2.05) is 42.5 Å². The average Bonchev–Trinajstić information content (AvgIpc) is 2.67. The topological polar surface area (TPSA) is 29.5 Å². The van der Waals surface area contributed by atoms with Gasteiger partial charge in [-0.15, -0.1) is 0 Å². The first kappa shape index (κ1) is 16.7. The minimum Gasteiger partial charge on any atom is -0.497 e. The van der Waals surface area contributed by atoms with E-state index in [1.165, 1.54) is 19.3 Å². The number of methoxy groups -OCH3 is 1. The van der Waals surface area contributed by atoms with Crippen LogP contribution in [0.1, 0.15) is 41.1 Å². The molecule has 1 fully saturated rings. The van der Waals surface area contributed by atoms with Gasteiger partial charge in [-0.25, -0.2) is 0 Å². The fraction of sp³-hybridized carbons (Fsp3) is 0.381. The van der Waals surface area contributed by atoms with Crippen LogP contribution in [-0.2, 0) is 0 Å². The van der Waals surface area contributed by atoms with Crippen molar-refractivity contribution in [2.45, 2.75) is 25.2 Å². The normalized spacial score (nSPS) is 16.5. The van der Waals surface area contributed by atoms with E-state index in [1.54, 1.807) is 7.11 Å². The summed E-state index contributed by atoms with van der Waals surface area (Å²) in [4.78, 5) is 15.6. The molecule has 0 bridgehead atoms.